The van der Waals surface area contributed by atoms with Crippen LogP contribution in [0.25, 0.3) is 0 Å². The number of nitrogens with zero attached hydrogens (tertiary/aromatic N) is 1. The van der Waals surface area contributed by atoms with Gasteiger partial charge in [-0.1, -0.05) is 11.6 Å². The second-order valence-electron chi connectivity index (χ2n) is 6.02. The van der Waals surface area contributed by atoms with Gasteiger partial charge in [0.25, 0.3) is 0 Å². The molecule has 1 aromatic heterocycles. The summed E-state index contributed by atoms with van der Waals surface area (Å²) < 4.78 is 41.8. The molecular weight excluding hydrogens is 485 g/mol. The van der Waals surface area contributed by atoms with Crippen LogP contribution in [0.2, 0.25) is 4.34 Å². The second-order valence-corrected chi connectivity index (χ2v) is 9.46. The molecule has 2 heterocycles. The lowest BCUT2D eigenvalue weighted by Crippen LogP contribution is -2.10. The molecule has 1 aromatic carbocycles. The first kappa shape index (κ1) is 22.7. The van der Waals surface area contributed by atoms with Crippen LogP contribution < -0.4 is 4.72 Å². The van der Waals surface area contributed by atoms with Crippen LogP contribution in [0.15, 0.2) is 27.6 Å². The van der Waals surface area contributed by atoms with Crippen molar-refractivity contribution in [3.8, 4) is 5.75 Å². The third-order valence-electron chi connectivity index (χ3n) is 3.84. The van der Waals surface area contributed by atoms with Gasteiger partial charge >= 0.3 is 6.18 Å². The predicted octanol–water partition coefficient (Wildman–Crippen LogP) is 7.03. The highest BCUT2D eigenvalue weighted by molar-refractivity contribution is 9.10. The number of anilines is 1. The second kappa shape index (κ2) is 9.73. The van der Waals surface area contributed by atoms with E-state index in [1.807, 2.05) is 6.92 Å². The van der Waals surface area contributed by atoms with Crippen molar-refractivity contribution in [2.24, 2.45) is 0 Å². The average molecular weight is 504 g/mol. The van der Waals surface area contributed by atoms with Gasteiger partial charge in [-0.3, -0.25) is 0 Å². The van der Waals surface area contributed by atoms with Gasteiger partial charge in [0.2, 0.25) is 0 Å². The smallest absolute Gasteiger partial charge is 0.419 e. The Balaban J connectivity index is 0.000000369. The van der Waals surface area contributed by atoms with Crippen molar-refractivity contribution in [1.29, 1.82) is 0 Å². The van der Waals surface area contributed by atoms with Gasteiger partial charge in [0.05, 0.1) is 14.9 Å². The molecule has 0 unspecified atom stereocenters. The summed E-state index contributed by atoms with van der Waals surface area (Å²) in [7, 11) is 2.17. The van der Waals surface area contributed by atoms with Crippen LogP contribution in [0.3, 0.4) is 0 Å². The number of phenolic OH excluding ortho intramolecular Hbond substituents is 1. The number of aromatic hydroxyl groups is 1. The molecule has 0 radical (unpaired) electrons. The molecule has 1 aliphatic heterocycles. The number of phenols is 1. The average Bonchev–Trinajstić information content (AvgIpc) is 3.13. The number of hydrogen-bond acceptors (Lipinski definition) is 5. The van der Waals surface area contributed by atoms with Crippen molar-refractivity contribution in [2.45, 2.75) is 30.8 Å². The molecule has 10 heteroatoms. The highest BCUT2D eigenvalue weighted by Gasteiger charge is 2.33. The van der Waals surface area contributed by atoms with Crippen LogP contribution in [-0.4, -0.2) is 30.1 Å². The Morgan fingerprint density at radius 3 is 2.33 bits per heavy atom. The summed E-state index contributed by atoms with van der Waals surface area (Å²) in [5, 5.41) is 9.44. The lowest BCUT2D eigenvalue weighted by molar-refractivity contribution is -0.138. The topological polar surface area (TPSA) is 35.5 Å². The summed E-state index contributed by atoms with van der Waals surface area (Å²) in [4.78, 5) is 4.19. The fourth-order valence-electron chi connectivity index (χ4n) is 2.41. The van der Waals surface area contributed by atoms with Gasteiger partial charge in [-0.25, -0.2) is 0 Å². The van der Waals surface area contributed by atoms with Crippen molar-refractivity contribution in [3.63, 3.8) is 0 Å². The third-order valence-corrected chi connectivity index (χ3v) is 7.88. The summed E-state index contributed by atoms with van der Waals surface area (Å²) in [6.07, 6.45) is -1.75. The van der Waals surface area contributed by atoms with Crippen LogP contribution in [0.5, 0.6) is 5.75 Å². The fraction of sp³-hybridized carbons (Fsp3) is 0.412. The highest BCUT2D eigenvalue weighted by Crippen LogP contribution is 2.43. The quantitative estimate of drug-likeness (QED) is 0.441. The molecule has 1 aliphatic rings. The van der Waals surface area contributed by atoms with Crippen LogP contribution in [0, 0.1) is 6.92 Å². The van der Waals surface area contributed by atoms with Crippen molar-refractivity contribution in [1.82, 2.24) is 4.90 Å². The number of halogens is 5. The normalized spacial score (nSPS) is 14.8. The van der Waals surface area contributed by atoms with Gasteiger partial charge in [0.15, 0.2) is 0 Å². The summed E-state index contributed by atoms with van der Waals surface area (Å²) >= 11 is 11.9. The summed E-state index contributed by atoms with van der Waals surface area (Å²) in [5.41, 5.74) is -0.701. The Kier molecular flexibility index (Phi) is 8.18. The van der Waals surface area contributed by atoms with Gasteiger partial charge in [0, 0.05) is 16.6 Å². The molecular formula is C17H19BrClF3N2OS2. The predicted molar refractivity (Wildman–Crippen MR) is 111 cm³/mol. The Morgan fingerprint density at radius 2 is 1.93 bits per heavy atom. The van der Waals surface area contributed by atoms with Gasteiger partial charge in [-0.05, 0) is 79.9 Å². The van der Waals surface area contributed by atoms with E-state index in [-0.39, 0.29) is 0 Å². The molecule has 0 saturated carbocycles. The zero-order valence-corrected chi connectivity index (χ0v) is 18.6. The summed E-state index contributed by atoms with van der Waals surface area (Å²) in [6, 6.07) is 3.13. The molecule has 3 nitrogen and oxygen atoms in total. The van der Waals surface area contributed by atoms with Gasteiger partial charge < -0.3 is 14.7 Å². The first-order valence-corrected chi connectivity index (χ1v) is 10.9. The molecule has 2 aromatic rings. The Bertz CT molecular complexity index is 780. The first-order valence-electron chi connectivity index (χ1n) is 8.05. The monoisotopic (exact) mass is 502 g/mol. The maximum absolute atomic E-state index is 12.5. The zero-order valence-electron chi connectivity index (χ0n) is 14.7. The lowest BCUT2D eigenvalue weighted by atomic mass is 10.2. The highest BCUT2D eigenvalue weighted by atomic mass is 79.9. The maximum atomic E-state index is 12.5. The van der Waals surface area contributed by atoms with Crippen LogP contribution in [0.1, 0.15) is 23.3 Å². The number of aryl methyl sites for hydroxylation is 1. The van der Waals surface area contributed by atoms with Crippen molar-refractivity contribution >= 4 is 56.5 Å². The molecule has 150 valence electrons. The minimum atomic E-state index is -4.57. The SMILES string of the molecule is CN1CCCC1.Cc1sc(Cl)c(Br)c1SNc1ccc(C(F)(F)F)c(O)c1. The van der Waals surface area contributed by atoms with E-state index < -0.39 is 17.5 Å². The lowest BCUT2D eigenvalue weighted by Gasteiger charge is -2.11. The van der Waals surface area contributed by atoms with E-state index >= 15 is 0 Å². The molecule has 0 amide bonds. The molecule has 0 aliphatic carbocycles. The number of alkyl halides is 3. The Labute approximate surface area is 178 Å². The van der Waals surface area contributed by atoms with E-state index in [0.717, 1.165) is 26.4 Å². The first-order chi connectivity index (χ1) is 12.6. The largest absolute Gasteiger partial charge is 0.507 e. The molecule has 27 heavy (non-hydrogen) atoms. The maximum Gasteiger partial charge on any atom is 0.419 e. The number of thiophene rings is 1. The van der Waals surface area contributed by atoms with Crippen LogP contribution >= 0.6 is 50.8 Å². The fourth-order valence-corrected chi connectivity index (χ4v) is 5.47. The van der Waals surface area contributed by atoms with Crippen LogP contribution in [-0.2, 0) is 6.18 Å². The number of hydrogen-bond donors (Lipinski definition) is 2. The van der Waals surface area contributed by atoms with E-state index in [0.29, 0.717) is 10.0 Å². The van der Waals surface area contributed by atoms with E-state index in [4.69, 9.17) is 11.6 Å². The number of benzene rings is 1. The Morgan fingerprint density at radius 1 is 1.30 bits per heavy atom. The molecule has 2 N–H and O–H groups in total. The van der Waals surface area contributed by atoms with Crippen molar-refractivity contribution < 1.29 is 18.3 Å². The third kappa shape index (κ3) is 6.45. The molecule has 0 bridgehead atoms. The standard InChI is InChI=1S/C12H8BrClF3NOS2.C5H11N/c1-5-10(9(13)11(14)20-5)21-18-6-2-3-7(8(19)4-6)12(15,16)17;1-6-4-2-3-5-6/h2-4,18-19H,1H3;2-5H2,1H3. The van der Waals surface area contributed by atoms with Crippen molar-refractivity contribution in [3.05, 3.63) is 37.4 Å². The number of likely N-dealkylation sites (tertiary alicyclic amines) is 1. The van der Waals surface area contributed by atoms with Crippen LogP contribution in [0.4, 0.5) is 18.9 Å². The zero-order chi connectivity index (χ0) is 20.2. The number of rotatable bonds is 3. The van der Waals surface area contributed by atoms with Crippen molar-refractivity contribution in [2.75, 3.05) is 24.9 Å². The minimum absolute atomic E-state index is 0.360. The summed E-state index contributed by atoms with van der Waals surface area (Å²) in [6.45, 7) is 4.52. The van der Waals surface area contributed by atoms with E-state index in [2.05, 4.69) is 32.6 Å². The van der Waals surface area contributed by atoms with Gasteiger partial charge in [0.1, 0.15) is 10.1 Å². The molecule has 1 saturated heterocycles. The van der Waals surface area contributed by atoms with E-state index in [1.54, 1.807) is 0 Å². The minimum Gasteiger partial charge on any atom is -0.507 e. The molecule has 0 spiro atoms. The van der Waals surface area contributed by atoms with E-state index in [1.165, 1.54) is 55.3 Å². The molecule has 3 rings (SSSR count). The Hall–Kier alpha value is -0.610. The van der Waals surface area contributed by atoms with Gasteiger partial charge in [-0.15, -0.1) is 11.3 Å². The number of nitrogens with one attached hydrogen (secondary N) is 1. The molecule has 0 atom stereocenters. The summed E-state index contributed by atoms with van der Waals surface area (Å²) in [5.74, 6) is -0.813. The van der Waals surface area contributed by atoms with Gasteiger partial charge in [-0.2, -0.15) is 13.2 Å². The molecule has 1 fully saturated rings. The van der Waals surface area contributed by atoms with E-state index in [9.17, 15) is 18.3 Å².